The van der Waals surface area contributed by atoms with Crippen molar-refractivity contribution < 1.29 is 27.1 Å². The lowest BCUT2D eigenvalue weighted by Gasteiger charge is -2.12. The van der Waals surface area contributed by atoms with Gasteiger partial charge >= 0.3 is 6.09 Å². The number of nitrogens with one attached hydrogen (secondary N) is 1. The fraction of sp³-hybridized carbons (Fsp3) is 0.105. The second kappa shape index (κ2) is 8.30. The summed E-state index contributed by atoms with van der Waals surface area (Å²) in [7, 11) is -4.73. The highest BCUT2D eigenvalue weighted by Crippen LogP contribution is 2.30. The third-order valence-corrected chi connectivity index (χ3v) is 5.88. The molecule has 0 fully saturated rings. The van der Waals surface area contributed by atoms with Gasteiger partial charge in [0.05, 0.1) is 5.69 Å². The number of nitrogens with zero attached hydrogens (tertiary/aromatic N) is 3. The van der Waals surface area contributed by atoms with Crippen molar-refractivity contribution in [1.29, 1.82) is 5.26 Å². The molecule has 0 spiro atoms. The SMILES string of the molecule is N#Cc1ncccc1-c1cc(CCNC(=O)O)cn1S(=O)(=O)c1c(F)cccc1F. The monoisotopic (exact) mass is 432 g/mol. The largest absolute Gasteiger partial charge is 0.465 e. The maximum absolute atomic E-state index is 14.2. The molecule has 2 aromatic heterocycles. The molecule has 0 saturated carbocycles. The predicted octanol–water partition coefficient (Wildman–Crippen LogP) is 2.75. The summed E-state index contributed by atoms with van der Waals surface area (Å²) < 4.78 is 55.4. The molecule has 3 aromatic rings. The molecular formula is C19H14F2N4O4S. The van der Waals surface area contributed by atoms with Gasteiger partial charge in [-0.1, -0.05) is 6.07 Å². The molecule has 0 aliphatic heterocycles. The van der Waals surface area contributed by atoms with Gasteiger partial charge in [0, 0.05) is 24.5 Å². The molecule has 154 valence electrons. The average molecular weight is 432 g/mol. The molecule has 2 N–H and O–H groups in total. The van der Waals surface area contributed by atoms with E-state index in [4.69, 9.17) is 5.11 Å². The lowest BCUT2D eigenvalue weighted by Crippen LogP contribution is -2.23. The third-order valence-electron chi connectivity index (χ3n) is 4.16. The summed E-state index contributed by atoms with van der Waals surface area (Å²) >= 11 is 0. The van der Waals surface area contributed by atoms with Gasteiger partial charge in [0.1, 0.15) is 23.4 Å². The minimum absolute atomic E-state index is 0.0228. The van der Waals surface area contributed by atoms with Gasteiger partial charge in [-0.2, -0.15) is 5.26 Å². The van der Waals surface area contributed by atoms with Crippen LogP contribution in [0.25, 0.3) is 11.3 Å². The summed E-state index contributed by atoms with van der Waals surface area (Å²) in [4.78, 5) is 13.4. The first-order valence-electron chi connectivity index (χ1n) is 8.49. The normalized spacial score (nSPS) is 11.1. The van der Waals surface area contributed by atoms with Crippen molar-refractivity contribution in [2.24, 2.45) is 0 Å². The predicted molar refractivity (Wildman–Crippen MR) is 101 cm³/mol. The number of rotatable bonds is 6. The van der Waals surface area contributed by atoms with Crippen molar-refractivity contribution in [3.8, 4) is 17.3 Å². The summed E-state index contributed by atoms with van der Waals surface area (Å²) in [5, 5.41) is 20.2. The Morgan fingerprint density at radius 1 is 1.23 bits per heavy atom. The third kappa shape index (κ3) is 3.99. The van der Waals surface area contributed by atoms with Gasteiger partial charge < -0.3 is 10.4 Å². The Balaban J connectivity index is 2.21. The number of benzene rings is 1. The van der Waals surface area contributed by atoms with Crippen LogP contribution in [0.5, 0.6) is 0 Å². The van der Waals surface area contributed by atoms with E-state index in [0.29, 0.717) is 9.54 Å². The minimum Gasteiger partial charge on any atom is -0.465 e. The summed E-state index contributed by atoms with van der Waals surface area (Å²) in [6.07, 6.45) is 1.32. The van der Waals surface area contributed by atoms with Gasteiger partial charge in [0.25, 0.3) is 10.0 Å². The van der Waals surface area contributed by atoms with E-state index in [9.17, 15) is 27.3 Å². The van der Waals surface area contributed by atoms with E-state index in [-0.39, 0.29) is 29.9 Å². The molecule has 1 amide bonds. The van der Waals surface area contributed by atoms with Crippen LogP contribution in [0.1, 0.15) is 11.3 Å². The van der Waals surface area contributed by atoms with Crippen molar-refractivity contribution in [1.82, 2.24) is 14.3 Å². The van der Waals surface area contributed by atoms with E-state index < -0.39 is 32.6 Å². The highest BCUT2D eigenvalue weighted by atomic mass is 32.2. The maximum atomic E-state index is 14.2. The number of pyridine rings is 1. The quantitative estimate of drug-likeness (QED) is 0.617. The van der Waals surface area contributed by atoms with Crippen LogP contribution in [-0.4, -0.2) is 35.1 Å². The van der Waals surface area contributed by atoms with E-state index in [0.717, 1.165) is 24.4 Å². The molecule has 30 heavy (non-hydrogen) atoms. The van der Waals surface area contributed by atoms with E-state index >= 15 is 0 Å². The first-order chi connectivity index (χ1) is 14.3. The lowest BCUT2D eigenvalue weighted by atomic mass is 10.1. The van der Waals surface area contributed by atoms with Crippen LogP contribution in [0.3, 0.4) is 0 Å². The summed E-state index contributed by atoms with van der Waals surface area (Å²) in [5.41, 5.74) is 0.383. The van der Waals surface area contributed by atoms with Gasteiger partial charge in [-0.3, -0.25) is 0 Å². The second-order valence-electron chi connectivity index (χ2n) is 6.08. The molecule has 0 aliphatic rings. The fourth-order valence-corrected chi connectivity index (χ4v) is 4.38. The lowest BCUT2D eigenvalue weighted by molar-refractivity contribution is 0.194. The number of hydrogen-bond donors (Lipinski definition) is 2. The van der Waals surface area contributed by atoms with Crippen LogP contribution in [0.15, 0.2) is 53.7 Å². The Morgan fingerprint density at radius 3 is 2.57 bits per heavy atom. The van der Waals surface area contributed by atoms with Crippen molar-refractivity contribution in [2.45, 2.75) is 11.3 Å². The van der Waals surface area contributed by atoms with Crippen LogP contribution in [0, 0.1) is 23.0 Å². The molecule has 11 heteroatoms. The van der Waals surface area contributed by atoms with Crippen LogP contribution in [0.2, 0.25) is 0 Å². The minimum atomic E-state index is -4.73. The average Bonchev–Trinajstić information content (AvgIpc) is 3.12. The zero-order chi connectivity index (χ0) is 21.9. The molecular weight excluding hydrogens is 418 g/mol. The Hall–Kier alpha value is -3.78. The molecule has 0 atom stereocenters. The van der Waals surface area contributed by atoms with Crippen LogP contribution < -0.4 is 5.32 Å². The first-order valence-corrected chi connectivity index (χ1v) is 9.93. The summed E-state index contributed by atoms with van der Waals surface area (Å²) in [6.45, 7) is -0.0228. The molecule has 8 nitrogen and oxygen atoms in total. The van der Waals surface area contributed by atoms with E-state index in [1.807, 2.05) is 6.07 Å². The van der Waals surface area contributed by atoms with Crippen LogP contribution in [0.4, 0.5) is 13.6 Å². The van der Waals surface area contributed by atoms with Gasteiger partial charge in [-0.15, -0.1) is 0 Å². The Bertz CT molecular complexity index is 1250. The highest BCUT2D eigenvalue weighted by molar-refractivity contribution is 7.90. The molecule has 0 unspecified atom stereocenters. The second-order valence-corrected chi connectivity index (χ2v) is 7.83. The maximum Gasteiger partial charge on any atom is 0.404 e. The zero-order valence-electron chi connectivity index (χ0n) is 15.2. The first kappa shape index (κ1) is 20.9. The van der Waals surface area contributed by atoms with Crippen molar-refractivity contribution in [2.75, 3.05) is 6.54 Å². The number of halogens is 2. The number of nitriles is 1. The van der Waals surface area contributed by atoms with Crippen LogP contribution in [-0.2, 0) is 16.4 Å². The smallest absolute Gasteiger partial charge is 0.404 e. The number of carbonyl (C=O) groups is 1. The van der Waals surface area contributed by atoms with E-state index in [2.05, 4.69) is 10.3 Å². The molecule has 0 radical (unpaired) electrons. The molecule has 1 aromatic carbocycles. The van der Waals surface area contributed by atoms with Gasteiger partial charge in [0.2, 0.25) is 0 Å². The van der Waals surface area contributed by atoms with Gasteiger partial charge in [-0.25, -0.2) is 30.9 Å². The molecule has 3 rings (SSSR count). The summed E-state index contributed by atoms with van der Waals surface area (Å²) in [6, 6.07) is 8.86. The molecule has 0 bridgehead atoms. The molecule has 0 aliphatic carbocycles. The standard InChI is InChI=1S/C19H14F2N4O4S/c20-14-4-1-5-15(21)18(14)30(28,29)25-11-12(6-8-24-19(26)27)9-17(25)13-3-2-7-23-16(13)10-22/h1-5,7,9,11,24H,6,8H2,(H,26,27). The van der Waals surface area contributed by atoms with E-state index in [1.165, 1.54) is 24.4 Å². The number of hydrogen-bond acceptors (Lipinski definition) is 5. The summed E-state index contributed by atoms with van der Waals surface area (Å²) in [5.74, 6) is -2.54. The van der Waals surface area contributed by atoms with Crippen molar-refractivity contribution >= 4 is 16.1 Å². The Labute approximate surface area is 170 Å². The highest BCUT2D eigenvalue weighted by Gasteiger charge is 2.29. The van der Waals surface area contributed by atoms with E-state index in [1.54, 1.807) is 0 Å². The fourth-order valence-electron chi connectivity index (χ4n) is 2.87. The zero-order valence-corrected chi connectivity index (χ0v) is 16.0. The van der Waals surface area contributed by atoms with Crippen molar-refractivity contribution in [3.05, 3.63) is 71.7 Å². The van der Waals surface area contributed by atoms with Gasteiger partial charge in [0.15, 0.2) is 4.90 Å². The number of amides is 1. The van der Waals surface area contributed by atoms with Crippen molar-refractivity contribution in [3.63, 3.8) is 0 Å². The van der Waals surface area contributed by atoms with Crippen LogP contribution >= 0.6 is 0 Å². The topological polar surface area (TPSA) is 125 Å². The molecule has 0 saturated heterocycles. The number of aromatic nitrogens is 2. The van der Waals surface area contributed by atoms with Gasteiger partial charge in [-0.05, 0) is 42.3 Å². The Kier molecular flexibility index (Phi) is 5.79. The number of carboxylic acid groups (broad SMARTS) is 1. The Morgan fingerprint density at radius 2 is 1.93 bits per heavy atom. The molecule has 2 heterocycles.